The van der Waals surface area contributed by atoms with Gasteiger partial charge in [-0.15, -0.1) is 6.58 Å². The number of allylic oxidation sites excluding steroid dienone is 1. The van der Waals surface area contributed by atoms with Gasteiger partial charge in [-0.3, -0.25) is 4.79 Å². The summed E-state index contributed by atoms with van der Waals surface area (Å²) in [7, 11) is 0. The summed E-state index contributed by atoms with van der Waals surface area (Å²) in [4.78, 5) is 42.9. The van der Waals surface area contributed by atoms with E-state index in [9.17, 15) is 9.59 Å². The second kappa shape index (κ2) is 9.49. The summed E-state index contributed by atoms with van der Waals surface area (Å²) in [6, 6.07) is 5.68. The van der Waals surface area contributed by atoms with Crippen molar-refractivity contribution < 1.29 is 9.53 Å². The van der Waals surface area contributed by atoms with Crippen molar-refractivity contribution in [1.82, 2.24) is 29.2 Å². The Balaban J connectivity index is 1.64. The number of aromatic nitrogens is 5. The Bertz CT molecular complexity index is 1270. The number of carbonyl (C=O) groups excluding carboxylic acids is 1. The molecule has 0 aromatic carbocycles. The smallest absolute Gasteiger partial charge is 0.410 e. The van der Waals surface area contributed by atoms with E-state index in [-0.39, 0.29) is 11.7 Å². The van der Waals surface area contributed by atoms with Gasteiger partial charge in [-0.25, -0.2) is 29.1 Å². The molecule has 0 aliphatic carbocycles. The van der Waals surface area contributed by atoms with Gasteiger partial charge in [0.15, 0.2) is 16.6 Å². The van der Waals surface area contributed by atoms with Crippen molar-refractivity contribution in [3.8, 4) is 5.82 Å². The fourth-order valence-corrected chi connectivity index (χ4v) is 4.12. The van der Waals surface area contributed by atoms with Crippen LogP contribution in [0.25, 0.3) is 16.9 Å². The minimum atomic E-state index is -0.523. The minimum Gasteiger partial charge on any atom is -0.444 e. The number of pyridine rings is 1. The molecule has 0 spiro atoms. The first-order valence-corrected chi connectivity index (χ1v) is 12.3. The molecule has 0 N–H and O–H groups in total. The second-order valence-corrected chi connectivity index (χ2v) is 9.66. The Morgan fingerprint density at radius 3 is 2.53 bits per heavy atom. The number of piperazine rings is 1. The van der Waals surface area contributed by atoms with Crippen molar-refractivity contribution in [2.75, 3.05) is 37.3 Å². The molecule has 10 nitrogen and oxygen atoms in total. The van der Waals surface area contributed by atoms with E-state index in [0.717, 1.165) is 5.82 Å². The number of fused-ring (bicyclic) bond motifs is 1. The van der Waals surface area contributed by atoms with Gasteiger partial charge in [0, 0.05) is 32.4 Å². The average molecular weight is 484 g/mol. The van der Waals surface area contributed by atoms with Crippen LogP contribution in [0.4, 0.5) is 10.6 Å². The van der Waals surface area contributed by atoms with Crippen molar-refractivity contribution in [2.24, 2.45) is 0 Å². The molecule has 0 saturated carbocycles. The lowest BCUT2D eigenvalue weighted by atomic mass is 10.2. The van der Waals surface area contributed by atoms with E-state index in [1.165, 1.54) is 11.8 Å². The van der Waals surface area contributed by atoms with Crippen molar-refractivity contribution in [2.45, 2.75) is 38.1 Å². The third kappa shape index (κ3) is 4.79. The third-order valence-electron chi connectivity index (χ3n) is 5.33. The van der Waals surface area contributed by atoms with E-state index < -0.39 is 5.60 Å². The number of thioether (sulfide) groups is 1. The zero-order chi connectivity index (χ0) is 24.5. The summed E-state index contributed by atoms with van der Waals surface area (Å²) in [5.74, 6) is 1.34. The van der Waals surface area contributed by atoms with Gasteiger partial charge in [0.1, 0.15) is 16.8 Å². The molecule has 1 fully saturated rings. The van der Waals surface area contributed by atoms with Crippen LogP contribution in [0.15, 0.2) is 47.0 Å². The third-order valence-corrected chi connectivity index (χ3v) is 5.89. The van der Waals surface area contributed by atoms with E-state index in [2.05, 4.69) is 21.4 Å². The number of hydrogen-bond acceptors (Lipinski definition) is 8. The molecule has 0 unspecified atom stereocenters. The maximum atomic E-state index is 13.0. The van der Waals surface area contributed by atoms with Gasteiger partial charge in [-0.05, 0) is 39.2 Å². The molecule has 1 amide bonds. The van der Waals surface area contributed by atoms with Crippen LogP contribution in [-0.2, 0) is 11.3 Å². The summed E-state index contributed by atoms with van der Waals surface area (Å²) in [5, 5.41) is 1.00. The number of anilines is 1. The highest BCUT2D eigenvalue weighted by Gasteiger charge is 2.26. The number of ether oxygens (including phenoxy) is 1. The lowest BCUT2D eigenvalue weighted by molar-refractivity contribution is 0.0240. The van der Waals surface area contributed by atoms with Crippen LogP contribution in [0.3, 0.4) is 0 Å². The van der Waals surface area contributed by atoms with E-state index in [0.29, 0.717) is 54.7 Å². The van der Waals surface area contributed by atoms with E-state index in [1.807, 2.05) is 45.2 Å². The predicted molar refractivity (Wildman–Crippen MR) is 133 cm³/mol. The van der Waals surface area contributed by atoms with E-state index in [1.54, 1.807) is 26.5 Å². The SMILES string of the molecule is C=CCn1c(=O)c2cnc(SC)nc2n1-c1cccc(N2CCN(C(=O)OC(C)(C)C)CC2)n1. The highest BCUT2D eigenvalue weighted by molar-refractivity contribution is 7.98. The van der Waals surface area contributed by atoms with Crippen LogP contribution in [0.5, 0.6) is 0 Å². The zero-order valence-corrected chi connectivity index (χ0v) is 20.7. The first kappa shape index (κ1) is 23.8. The maximum absolute atomic E-state index is 13.0. The average Bonchev–Trinajstić information content (AvgIpc) is 3.09. The molecule has 34 heavy (non-hydrogen) atoms. The molecule has 0 bridgehead atoms. The van der Waals surface area contributed by atoms with Crippen molar-refractivity contribution in [1.29, 1.82) is 0 Å². The van der Waals surface area contributed by atoms with Gasteiger partial charge in [-0.2, -0.15) is 0 Å². The maximum Gasteiger partial charge on any atom is 0.410 e. The molecule has 1 aliphatic heterocycles. The molecule has 3 aromatic heterocycles. The largest absolute Gasteiger partial charge is 0.444 e. The second-order valence-electron chi connectivity index (χ2n) is 8.89. The number of carbonyl (C=O) groups is 1. The number of rotatable bonds is 5. The summed E-state index contributed by atoms with van der Waals surface area (Å²) in [6.45, 7) is 12.0. The fourth-order valence-electron chi connectivity index (χ4n) is 3.78. The quantitative estimate of drug-likeness (QED) is 0.310. The highest BCUT2D eigenvalue weighted by Crippen LogP contribution is 2.21. The minimum absolute atomic E-state index is 0.194. The van der Waals surface area contributed by atoms with Crippen LogP contribution in [-0.4, -0.2) is 73.3 Å². The van der Waals surface area contributed by atoms with Gasteiger partial charge >= 0.3 is 6.09 Å². The summed E-state index contributed by atoms with van der Waals surface area (Å²) < 4.78 is 8.77. The van der Waals surface area contributed by atoms with E-state index >= 15 is 0 Å². The Labute approximate surface area is 202 Å². The van der Waals surface area contributed by atoms with Gasteiger partial charge in [0.2, 0.25) is 0 Å². The fraction of sp³-hybridized carbons (Fsp3) is 0.435. The number of hydrogen-bond donors (Lipinski definition) is 0. The van der Waals surface area contributed by atoms with Gasteiger partial charge in [0.25, 0.3) is 5.56 Å². The normalized spacial score (nSPS) is 14.5. The van der Waals surface area contributed by atoms with Crippen LogP contribution in [0, 0.1) is 0 Å². The van der Waals surface area contributed by atoms with Gasteiger partial charge < -0.3 is 14.5 Å². The lowest BCUT2D eigenvalue weighted by Crippen LogP contribution is -2.50. The van der Waals surface area contributed by atoms with Crippen LogP contribution >= 0.6 is 11.8 Å². The molecule has 1 saturated heterocycles. The summed E-state index contributed by atoms with van der Waals surface area (Å²) in [5.41, 5.74) is -0.212. The van der Waals surface area contributed by atoms with E-state index in [4.69, 9.17) is 9.72 Å². The Morgan fingerprint density at radius 2 is 1.88 bits per heavy atom. The first-order chi connectivity index (χ1) is 16.2. The Kier molecular flexibility index (Phi) is 6.65. The zero-order valence-electron chi connectivity index (χ0n) is 19.9. The van der Waals surface area contributed by atoms with Gasteiger partial charge in [-0.1, -0.05) is 23.9 Å². The van der Waals surface area contributed by atoms with Crippen LogP contribution in [0.2, 0.25) is 0 Å². The molecule has 3 aromatic rings. The number of nitrogens with zero attached hydrogens (tertiary/aromatic N) is 7. The molecule has 11 heteroatoms. The molecule has 4 heterocycles. The van der Waals surface area contributed by atoms with Gasteiger partial charge in [0.05, 0.1) is 6.54 Å². The topological polar surface area (TPSA) is 98.4 Å². The predicted octanol–water partition coefficient (Wildman–Crippen LogP) is 2.94. The summed E-state index contributed by atoms with van der Waals surface area (Å²) >= 11 is 1.41. The molecule has 180 valence electrons. The Morgan fingerprint density at radius 1 is 1.18 bits per heavy atom. The number of amides is 1. The lowest BCUT2D eigenvalue weighted by Gasteiger charge is -2.36. The molecule has 0 atom stereocenters. The standard InChI is InChI=1S/C23H29N7O3S/c1-6-10-29-20(31)16-15-24-21(34-5)26-19(16)30(29)18-9-7-8-17(25-18)27-11-13-28(14-12-27)22(32)33-23(2,3)4/h6-9,15H,1,10-14H2,2-5H3. The highest BCUT2D eigenvalue weighted by atomic mass is 32.2. The van der Waals surface area contributed by atoms with Crippen molar-refractivity contribution in [3.63, 3.8) is 0 Å². The molecule has 4 rings (SSSR count). The van der Waals surface area contributed by atoms with Crippen molar-refractivity contribution in [3.05, 3.63) is 47.4 Å². The Hall–Kier alpha value is -3.34. The van der Waals surface area contributed by atoms with Crippen LogP contribution in [0.1, 0.15) is 20.8 Å². The molecular formula is C23H29N7O3S. The monoisotopic (exact) mass is 483 g/mol. The molecular weight excluding hydrogens is 454 g/mol. The van der Waals surface area contributed by atoms with Crippen molar-refractivity contribution >= 4 is 34.7 Å². The van der Waals surface area contributed by atoms with Crippen LogP contribution < -0.4 is 10.5 Å². The first-order valence-electron chi connectivity index (χ1n) is 11.1. The molecule has 1 aliphatic rings. The molecule has 0 radical (unpaired) electrons. The summed E-state index contributed by atoms with van der Waals surface area (Å²) in [6.07, 6.45) is 4.82.